The van der Waals surface area contributed by atoms with Crippen LogP contribution < -0.4 is 5.32 Å². The summed E-state index contributed by atoms with van der Waals surface area (Å²) in [6.07, 6.45) is 0.0312. The molecule has 5 rings (SSSR count). The molecule has 0 aliphatic carbocycles. The van der Waals surface area contributed by atoms with Crippen molar-refractivity contribution in [1.29, 1.82) is 0 Å². The molecule has 0 radical (unpaired) electrons. The number of nitrogens with zero attached hydrogens (tertiary/aromatic N) is 1. The fourth-order valence-electron chi connectivity index (χ4n) is 4.84. The van der Waals surface area contributed by atoms with Gasteiger partial charge in [0, 0.05) is 13.0 Å². The normalized spacial score (nSPS) is 15.5. The lowest BCUT2D eigenvalue weighted by Crippen LogP contribution is -2.47. The standard InChI is InChI=1S/C30H26N2O3/c33-25-18-27(29(34)31-19-24-16-9-15-21-10-7-8-17-26(21)24)32(20-25)30(35)28(22-11-3-1-4-12-22)23-13-5-2-6-14-23/h1-17,27-28H,18-20H2,(H,31,34)/t27-/m0/s1. The van der Waals surface area contributed by atoms with Gasteiger partial charge in [-0.25, -0.2) is 0 Å². The average Bonchev–Trinajstić information content (AvgIpc) is 3.30. The second-order valence-electron chi connectivity index (χ2n) is 8.84. The number of carbonyl (C=O) groups is 3. The number of likely N-dealkylation sites (tertiary alicyclic amines) is 1. The van der Waals surface area contributed by atoms with E-state index in [0.29, 0.717) is 6.54 Å². The van der Waals surface area contributed by atoms with E-state index in [1.165, 1.54) is 4.90 Å². The average molecular weight is 463 g/mol. The van der Waals surface area contributed by atoms with Crippen LogP contribution >= 0.6 is 0 Å². The number of carbonyl (C=O) groups excluding carboxylic acids is 3. The first-order valence-corrected chi connectivity index (χ1v) is 11.8. The summed E-state index contributed by atoms with van der Waals surface area (Å²) in [5.41, 5.74) is 2.65. The second kappa shape index (κ2) is 9.94. The quantitative estimate of drug-likeness (QED) is 0.460. The topological polar surface area (TPSA) is 66.5 Å². The molecule has 0 spiro atoms. The number of hydrogen-bond acceptors (Lipinski definition) is 3. The Kier molecular flexibility index (Phi) is 6.40. The highest BCUT2D eigenvalue weighted by atomic mass is 16.2. The van der Waals surface area contributed by atoms with Gasteiger partial charge in [-0.1, -0.05) is 103 Å². The van der Waals surface area contributed by atoms with Crippen molar-refractivity contribution in [3.05, 3.63) is 120 Å². The van der Waals surface area contributed by atoms with E-state index in [1.807, 2.05) is 103 Å². The van der Waals surface area contributed by atoms with Crippen LogP contribution in [-0.2, 0) is 20.9 Å². The highest BCUT2D eigenvalue weighted by Crippen LogP contribution is 2.30. The van der Waals surface area contributed by atoms with Crippen LogP contribution in [0.15, 0.2) is 103 Å². The van der Waals surface area contributed by atoms with Gasteiger partial charge in [0.2, 0.25) is 11.8 Å². The molecule has 4 aromatic carbocycles. The van der Waals surface area contributed by atoms with E-state index < -0.39 is 12.0 Å². The molecule has 1 heterocycles. The Balaban J connectivity index is 1.39. The van der Waals surface area contributed by atoms with E-state index in [4.69, 9.17) is 0 Å². The van der Waals surface area contributed by atoms with E-state index in [2.05, 4.69) is 5.32 Å². The maximum atomic E-state index is 13.8. The number of hydrogen-bond donors (Lipinski definition) is 1. The molecule has 1 fully saturated rings. The predicted molar refractivity (Wildman–Crippen MR) is 136 cm³/mol. The van der Waals surface area contributed by atoms with Gasteiger partial charge in [0.05, 0.1) is 12.5 Å². The molecular formula is C30H26N2O3. The molecule has 35 heavy (non-hydrogen) atoms. The zero-order chi connectivity index (χ0) is 24.2. The number of Topliss-reactive ketones (excluding diaryl/α,β-unsaturated/α-hetero) is 1. The molecule has 1 saturated heterocycles. The van der Waals surface area contributed by atoms with Crippen LogP contribution in [0.5, 0.6) is 0 Å². The number of rotatable bonds is 6. The van der Waals surface area contributed by atoms with Crippen molar-refractivity contribution in [2.75, 3.05) is 6.54 Å². The Labute approximate surface area is 204 Å². The van der Waals surface area contributed by atoms with Crippen molar-refractivity contribution < 1.29 is 14.4 Å². The smallest absolute Gasteiger partial charge is 0.243 e. The lowest BCUT2D eigenvalue weighted by Gasteiger charge is -2.28. The van der Waals surface area contributed by atoms with Gasteiger partial charge < -0.3 is 10.2 Å². The summed E-state index contributed by atoms with van der Waals surface area (Å²) in [7, 11) is 0. The van der Waals surface area contributed by atoms with Gasteiger partial charge in [0.25, 0.3) is 0 Å². The SMILES string of the molecule is O=C1C[C@@H](C(=O)NCc2cccc3ccccc23)N(C(=O)C(c2ccccc2)c2ccccc2)C1. The van der Waals surface area contributed by atoms with Crippen LogP contribution in [0.25, 0.3) is 10.8 Å². The Morgan fingerprint density at radius 2 is 1.40 bits per heavy atom. The number of nitrogens with one attached hydrogen (secondary N) is 1. The summed E-state index contributed by atoms with van der Waals surface area (Å²) in [5.74, 6) is -1.24. The highest BCUT2D eigenvalue weighted by molar-refractivity contribution is 6.01. The van der Waals surface area contributed by atoms with Crippen molar-refractivity contribution in [2.24, 2.45) is 0 Å². The summed E-state index contributed by atoms with van der Waals surface area (Å²) in [5, 5.41) is 5.14. The number of fused-ring (bicyclic) bond motifs is 1. The third kappa shape index (κ3) is 4.71. The Morgan fingerprint density at radius 1 is 0.800 bits per heavy atom. The number of ketones is 1. The molecule has 1 atom stereocenters. The fourth-order valence-corrected chi connectivity index (χ4v) is 4.84. The van der Waals surface area contributed by atoms with Crippen LogP contribution in [-0.4, -0.2) is 35.1 Å². The third-order valence-corrected chi connectivity index (χ3v) is 6.58. The van der Waals surface area contributed by atoms with Crippen molar-refractivity contribution in [1.82, 2.24) is 10.2 Å². The van der Waals surface area contributed by atoms with E-state index in [1.54, 1.807) is 0 Å². The van der Waals surface area contributed by atoms with Gasteiger partial charge in [0.1, 0.15) is 6.04 Å². The van der Waals surface area contributed by atoms with E-state index in [0.717, 1.165) is 27.5 Å². The van der Waals surface area contributed by atoms with Gasteiger partial charge in [-0.15, -0.1) is 0 Å². The van der Waals surface area contributed by atoms with Crippen molar-refractivity contribution >= 4 is 28.4 Å². The maximum absolute atomic E-state index is 13.8. The highest BCUT2D eigenvalue weighted by Gasteiger charge is 2.41. The first kappa shape index (κ1) is 22.5. The minimum absolute atomic E-state index is 0.0312. The molecule has 4 aromatic rings. The van der Waals surface area contributed by atoms with Gasteiger partial charge in [-0.05, 0) is 27.5 Å². The van der Waals surface area contributed by atoms with Gasteiger partial charge >= 0.3 is 0 Å². The van der Waals surface area contributed by atoms with Crippen LogP contribution in [0.2, 0.25) is 0 Å². The number of benzene rings is 4. The van der Waals surface area contributed by atoms with Crippen LogP contribution in [0.1, 0.15) is 29.0 Å². The second-order valence-corrected chi connectivity index (χ2v) is 8.84. The van der Waals surface area contributed by atoms with E-state index in [9.17, 15) is 14.4 Å². The largest absolute Gasteiger partial charge is 0.350 e. The summed E-state index contributed by atoms with van der Waals surface area (Å²) >= 11 is 0. The minimum atomic E-state index is -0.820. The molecule has 0 aromatic heterocycles. The number of amides is 2. The molecule has 0 bridgehead atoms. The van der Waals surface area contributed by atoms with Crippen molar-refractivity contribution in [3.63, 3.8) is 0 Å². The molecule has 1 aliphatic rings. The Bertz CT molecular complexity index is 1320. The molecule has 5 heteroatoms. The molecule has 0 saturated carbocycles. The summed E-state index contributed by atoms with van der Waals surface area (Å²) in [6.45, 7) is 0.273. The molecule has 0 unspecified atom stereocenters. The molecule has 2 amide bonds. The van der Waals surface area contributed by atoms with Gasteiger partial charge in [-0.2, -0.15) is 0 Å². The molecule has 5 nitrogen and oxygen atoms in total. The third-order valence-electron chi connectivity index (χ3n) is 6.58. The molecular weight excluding hydrogens is 436 g/mol. The molecule has 174 valence electrons. The zero-order valence-electron chi connectivity index (χ0n) is 19.3. The lowest BCUT2D eigenvalue weighted by atomic mass is 9.90. The van der Waals surface area contributed by atoms with E-state index >= 15 is 0 Å². The monoisotopic (exact) mass is 462 g/mol. The predicted octanol–water partition coefficient (Wildman–Crippen LogP) is 4.46. The summed E-state index contributed by atoms with van der Waals surface area (Å²) < 4.78 is 0. The first-order valence-electron chi connectivity index (χ1n) is 11.8. The Hall–Kier alpha value is -4.25. The summed E-state index contributed by atoms with van der Waals surface area (Å²) in [4.78, 5) is 41.0. The van der Waals surface area contributed by atoms with Crippen LogP contribution in [0.4, 0.5) is 0 Å². The minimum Gasteiger partial charge on any atom is -0.350 e. The van der Waals surface area contributed by atoms with Crippen molar-refractivity contribution in [2.45, 2.75) is 24.9 Å². The fraction of sp³-hybridized carbons (Fsp3) is 0.167. The van der Waals surface area contributed by atoms with Gasteiger partial charge in [0.15, 0.2) is 5.78 Å². The van der Waals surface area contributed by atoms with E-state index in [-0.39, 0.29) is 30.6 Å². The zero-order valence-corrected chi connectivity index (χ0v) is 19.3. The van der Waals surface area contributed by atoms with Crippen molar-refractivity contribution in [3.8, 4) is 0 Å². The molecule has 1 aliphatic heterocycles. The summed E-state index contributed by atoms with van der Waals surface area (Å²) in [6, 6.07) is 32.1. The maximum Gasteiger partial charge on any atom is 0.243 e. The Morgan fingerprint density at radius 3 is 2.09 bits per heavy atom. The first-order chi connectivity index (χ1) is 17.1. The lowest BCUT2D eigenvalue weighted by molar-refractivity contribution is -0.139. The molecule has 1 N–H and O–H groups in total. The van der Waals surface area contributed by atoms with Crippen LogP contribution in [0, 0.1) is 0 Å². The van der Waals surface area contributed by atoms with Crippen LogP contribution in [0.3, 0.4) is 0 Å². The van der Waals surface area contributed by atoms with Gasteiger partial charge in [-0.3, -0.25) is 14.4 Å².